The van der Waals surface area contributed by atoms with Crippen molar-refractivity contribution in [3.63, 3.8) is 0 Å². The van der Waals surface area contributed by atoms with Crippen LogP contribution < -0.4 is 9.57 Å². The standard InChI is InChI=1S/C33H33N2P.C5H10/c1-5-7-13-29(6-2)35(36-4)32-23-19-28(20-24-32)27-17-21-31(22-18-27)34(30-14-9-8-10-15-30)33-16-11-12-26(3)25-33;1-4-5(2)3/h1,6-11,13-26,36H,12H2,2-4H3;4H,1-3H3/b13-7-,29-6+;. The Kier molecular flexibility index (Phi) is 12.5. The average molecular weight is 559 g/mol. The fourth-order valence-electron chi connectivity index (χ4n) is 4.44. The van der Waals surface area contributed by atoms with E-state index in [-0.39, 0.29) is 0 Å². The van der Waals surface area contributed by atoms with E-state index >= 15 is 0 Å². The molecule has 0 radical (unpaired) electrons. The third-order valence-electron chi connectivity index (χ3n) is 6.81. The first-order valence-corrected chi connectivity index (χ1v) is 15.7. The summed E-state index contributed by atoms with van der Waals surface area (Å²) in [6.07, 6.45) is 21.3. The summed E-state index contributed by atoms with van der Waals surface area (Å²) in [5.41, 5.74) is 9.58. The topological polar surface area (TPSA) is 6.48 Å². The van der Waals surface area contributed by atoms with E-state index in [1.54, 1.807) is 6.08 Å². The molecule has 0 bridgehead atoms. The number of rotatable bonds is 8. The Morgan fingerprint density at radius 1 is 0.854 bits per heavy atom. The molecule has 0 aliphatic heterocycles. The van der Waals surface area contributed by atoms with Crippen LogP contribution in [0.25, 0.3) is 11.1 Å². The van der Waals surface area contributed by atoms with Crippen LogP contribution >= 0.6 is 8.73 Å². The quantitative estimate of drug-likeness (QED) is 0.117. The molecular weight excluding hydrogens is 515 g/mol. The van der Waals surface area contributed by atoms with Crippen LogP contribution in [0.4, 0.5) is 17.1 Å². The molecule has 3 aromatic carbocycles. The molecule has 3 aromatic rings. The van der Waals surface area contributed by atoms with Crippen molar-refractivity contribution in [3.8, 4) is 23.5 Å². The second kappa shape index (κ2) is 16.3. The number of hydrogen-bond acceptors (Lipinski definition) is 2. The lowest BCUT2D eigenvalue weighted by atomic mass is 9.99. The molecule has 4 rings (SSSR count). The van der Waals surface area contributed by atoms with Gasteiger partial charge in [0, 0.05) is 28.5 Å². The molecule has 1 aliphatic rings. The second-order valence-electron chi connectivity index (χ2n) is 10.1. The van der Waals surface area contributed by atoms with E-state index in [9.17, 15) is 0 Å². The van der Waals surface area contributed by atoms with E-state index in [1.165, 1.54) is 28.1 Å². The molecule has 0 heterocycles. The van der Waals surface area contributed by atoms with Gasteiger partial charge in [-0.1, -0.05) is 85.2 Å². The number of nitrogens with zero attached hydrogens (tertiary/aromatic N) is 2. The fourth-order valence-corrected chi connectivity index (χ4v) is 5.31. The summed E-state index contributed by atoms with van der Waals surface area (Å²) in [5, 5.41) is 0. The highest BCUT2D eigenvalue weighted by molar-refractivity contribution is 7.39. The van der Waals surface area contributed by atoms with Gasteiger partial charge in [0.25, 0.3) is 0 Å². The normalized spacial score (nSPS) is 14.7. The van der Waals surface area contributed by atoms with Gasteiger partial charge in [0.2, 0.25) is 0 Å². The zero-order chi connectivity index (χ0) is 29.6. The van der Waals surface area contributed by atoms with Crippen molar-refractivity contribution in [1.29, 1.82) is 0 Å². The molecule has 0 aromatic heterocycles. The van der Waals surface area contributed by atoms with Gasteiger partial charge < -0.3 is 9.57 Å². The van der Waals surface area contributed by atoms with Gasteiger partial charge in [-0.05, 0) is 121 Å². The zero-order valence-electron chi connectivity index (χ0n) is 25.3. The van der Waals surface area contributed by atoms with Gasteiger partial charge in [0.1, 0.15) is 0 Å². The van der Waals surface area contributed by atoms with E-state index < -0.39 is 0 Å². The molecular formula is C38H43N2P. The van der Waals surface area contributed by atoms with Crippen LogP contribution in [0.3, 0.4) is 0 Å². The van der Waals surface area contributed by atoms with Crippen molar-refractivity contribution < 1.29 is 0 Å². The Balaban J connectivity index is 0.000000850. The first-order valence-electron chi connectivity index (χ1n) is 14.2. The lowest BCUT2D eigenvalue weighted by Crippen LogP contribution is -2.17. The highest BCUT2D eigenvalue weighted by Gasteiger charge is 2.16. The minimum Gasteiger partial charge on any atom is -0.323 e. The summed E-state index contributed by atoms with van der Waals surface area (Å²) >= 11 is 0. The van der Waals surface area contributed by atoms with Gasteiger partial charge in [-0.3, -0.25) is 0 Å². The van der Waals surface area contributed by atoms with Crippen LogP contribution in [0, 0.1) is 18.3 Å². The summed E-state index contributed by atoms with van der Waals surface area (Å²) in [4.78, 5) is 2.33. The summed E-state index contributed by atoms with van der Waals surface area (Å²) in [6, 6.07) is 28.2. The lowest BCUT2D eigenvalue weighted by Gasteiger charge is -2.29. The molecule has 0 saturated heterocycles. The predicted molar refractivity (Wildman–Crippen MR) is 185 cm³/mol. The largest absolute Gasteiger partial charge is 0.323 e. The minimum absolute atomic E-state index is 0.530. The average Bonchev–Trinajstić information content (AvgIpc) is 3.01. The molecule has 0 saturated carbocycles. The molecule has 1 aliphatic carbocycles. The number of allylic oxidation sites excluding steroid dienone is 8. The number of hydrogen-bond donors (Lipinski definition) is 0. The molecule has 210 valence electrons. The molecule has 2 nitrogen and oxygen atoms in total. The predicted octanol–water partition coefficient (Wildman–Crippen LogP) is 11.1. The van der Waals surface area contributed by atoms with Crippen LogP contribution in [0.15, 0.2) is 138 Å². The van der Waals surface area contributed by atoms with E-state index in [4.69, 9.17) is 6.42 Å². The van der Waals surface area contributed by atoms with Crippen molar-refractivity contribution >= 4 is 25.8 Å². The Bertz CT molecular complexity index is 1430. The third kappa shape index (κ3) is 8.97. The number of anilines is 3. The van der Waals surface area contributed by atoms with Crippen molar-refractivity contribution in [2.24, 2.45) is 5.92 Å². The number of terminal acetylenes is 1. The van der Waals surface area contributed by atoms with Crippen LogP contribution in [0.1, 0.15) is 41.0 Å². The highest BCUT2D eigenvalue weighted by Crippen LogP contribution is 2.35. The summed E-state index contributed by atoms with van der Waals surface area (Å²) in [5.74, 6) is 3.11. The van der Waals surface area contributed by atoms with Gasteiger partial charge in [0.15, 0.2) is 0 Å². The molecule has 2 atom stereocenters. The monoisotopic (exact) mass is 558 g/mol. The number of para-hydroxylation sites is 1. The Morgan fingerprint density at radius 3 is 1.90 bits per heavy atom. The first-order chi connectivity index (χ1) is 19.9. The zero-order valence-corrected chi connectivity index (χ0v) is 26.3. The van der Waals surface area contributed by atoms with E-state index in [1.807, 2.05) is 19.9 Å². The molecule has 41 heavy (non-hydrogen) atoms. The lowest BCUT2D eigenvalue weighted by molar-refractivity contribution is 0.726. The Morgan fingerprint density at radius 2 is 1.41 bits per heavy atom. The van der Waals surface area contributed by atoms with Crippen LogP contribution in [0.5, 0.6) is 0 Å². The molecule has 0 amide bonds. The summed E-state index contributed by atoms with van der Waals surface area (Å²) in [7, 11) is 0.598. The van der Waals surface area contributed by atoms with Gasteiger partial charge >= 0.3 is 0 Å². The molecule has 0 fully saturated rings. The summed E-state index contributed by atoms with van der Waals surface area (Å²) in [6.45, 7) is 12.7. The Hall–Kier alpha value is -4.05. The maximum atomic E-state index is 5.42. The SMILES string of the molecule is C#C/C=C\C(=C/C)N(PC)c1ccc(-c2ccc(N(C3=CC(C)CC=C3)c3ccccc3)cc2)cc1.CC=C(C)C. The van der Waals surface area contributed by atoms with E-state index in [2.05, 4.69) is 152 Å². The maximum Gasteiger partial charge on any atom is 0.0461 e. The van der Waals surface area contributed by atoms with Crippen molar-refractivity contribution in [2.75, 3.05) is 16.2 Å². The van der Waals surface area contributed by atoms with Crippen molar-refractivity contribution in [1.82, 2.24) is 0 Å². The smallest absolute Gasteiger partial charge is 0.0461 e. The van der Waals surface area contributed by atoms with E-state index in [0.717, 1.165) is 23.5 Å². The maximum absolute atomic E-state index is 5.42. The van der Waals surface area contributed by atoms with Crippen LogP contribution in [0.2, 0.25) is 0 Å². The highest BCUT2D eigenvalue weighted by atomic mass is 31.1. The molecule has 0 spiro atoms. The third-order valence-corrected chi connectivity index (χ3v) is 7.78. The fraction of sp³-hybridized carbons (Fsp3) is 0.211. The van der Waals surface area contributed by atoms with Gasteiger partial charge in [-0.2, -0.15) is 0 Å². The number of benzene rings is 3. The second-order valence-corrected chi connectivity index (χ2v) is 11.0. The molecule has 2 unspecified atom stereocenters. The van der Waals surface area contributed by atoms with Gasteiger partial charge in [-0.25, -0.2) is 0 Å². The van der Waals surface area contributed by atoms with Crippen LogP contribution in [-0.2, 0) is 0 Å². The molecule has 0 N–H and O–H groups in total. The Labute approximate surface area is 250 Å². The summed E-state index contributed by atoms with van der Waals surface area (Å²) < 4.78 is 2.28. The van der Waals surface area contributed by atoms with Gasteiger partial charge in [0.05, 0.1) is 0 Å². The van der Waals surface area contributed by atoms with Crippen LogP contribution in [-0.4, -0.2) is 6.66 Å². The van der Waals surface area contributed by atoms with Crippen molar-refractivity contribution in [3.05, 3.63) is 138 Å². The minimum atomic E-state index is 0.530. The van der Waals surface area contributed by atoms with Gasteiger partial charge in [-0.15, -0.1) is 6.42 Å². The first kappa shape index (κ1) is 31.5. The molecule has 3 heteroatoms. The van der Waals surface area contributed by atoms with Crippen molar-refractivity contribution in [2.45, 2.75) is 41.0 Å². The van der Waals surface area contributed by atoms with E-state index in [0.29, 0.717) is 14.6 Å².